The third-order valence-corrected chi connectivity index (χ3v) is 1.86. The van der Waals surface area contributed by atoms with Gasteiger partial charge in [-0.1, -0.05) is 12.2 Å². The topological polar surface area (TPSA) is 26.0 Å². The molecule has 7 heteroatoms. The highest BCUT2D eigenvalue weighted by Crippen LogP contribution is 2.34. The lowest BCUT2D eigenvalue weighted by Gasteiger charge is -2.17. The quantitative estimate of drug-likeness (QED) is 0.612. The van der Waals surface area contributed by atoms with Gasteiger partial charge in [-0.2, -0.15) is 26.3 Å². The van der Waals surface area contributed by atoms with Gasteiger partial charge < -0.3 is 5.73 Å². The van der Waals surface area contributed by atoms with Gasteiger partial charge in [0.05, 0.1) is 5.57 Å². The van der Waals surface area contributed by atoms with E-state index in [0.29, 0.717) is 6.08 Å². The van der Waals surface area contributed by atoms with Gasteiger partial charge in [0.15, 0.2) is 0 Å². The van der Waals surface area contributed by atoms with Crippen molar-refractivity contribution in [2.75, 3.05) is 0 Å². The summed E-state index contributed by atoms with van der Waals surface area (Å²) in [5.41, 5.74) is 2.16. The molecule has 0 bridgehead atoms. The molecule has 1 nitrogen and oxygen atoms in total. The Hall–Kier alpha value is -1.24. The molecule has 0 aliphatic rings. The number of rotatable bonds is 3. The number of hydrogen-bond acceptors (Lipinski definition) is 1. The van der Waals surface area contributed by atoms with Crippen molar-refractivity contribution in [3.05, 3.63) is 35.5 Å². The Bertz CT molecular complexity index is 370. The summed E-state index contributed by atoms with van der Waals surface area (Å²) in [6.45, 7) is 5.42. The first-order chi connectivity index (χ1) is 7.85. The largest absolute Gasteiger partial charge is 0.416 e. The summed E-state index contributed by atoms with van der Waals surface area (Å²) >= 11 is 0. The van der Waals surface area contributed by atoms with E-state index in [2.05, 4.69) is 6.58 Å². The van der Waals surface area contributed by atoms with E-state index in [-0.39, 0.29) is 11.6 Å². The van der Waals surface area contributed by atoms with Crippen molar-refractivity contribution in [3.8, 4) is 0 Å². The molecule has 0 saturated heterocycles. The average molecular weight is 273 g/mol. The van der Waals surface area contributed by atoms with Crippen LogP contribution in [0.4, 0.5) is 26.3 Å². The molecule has 104 valence electrons. The van der Waals surface area contributed by atoms with Crippen LogP contribution < -0.4 is 5.73 Å². The van der Waals surface area contributed by atoms with E-state index in [0.717, 1.165) is 6.92 Å². The third kappa shape index (κ3) is 5.39. The van der Waals surface area contributed by atoms with Gasteiger partial charge in [0.25, 0.3) is 0 Å². The normalized spacial score (nSPS) is 16.7. The fraction of sp³-hybridized carbons (Fsp3) is 0.455. The zero-order valence-corrected chi connectivity index (χ0v) is 9.78. The summed E-state index contributed by atoms with van der Waals surface area (Å²) in [5.74, 6) is 0. The number of hydrogen-bond donors (Lipinski definition) is 1. The van der Waals surface area contributed by atoms with Gasteiger partial charge in [-0.25, -0.2) is 0 Å². The second-order valence-corrected chi connectivity index (χ2v) is 3.83. The molecular weight excluding hydrogens is 260 g/mol. The minimum absolute atomic E-state index is 0.00947. The fourth-order valence-electron chi connectivity index (χ4n) is 1.11. The minimum atomic E-state index is -4.91. The van der Waals surface area contributed by atoms with Crippen LogP contribution in [-0.2, 0) is 0 Å². The van der Waals surface area contributed by atoms with E-state index in [1.54, 1.807) is 0 Å². The first-order valence-corrected chi connectivity index (χ1v) is 4.84. The molecule has 0 radical (unpaired) electrons. The van der Waals surface area contributed by atoms with Crippen molar-refractivity contribution in [2.24, 2.45) is 5.73 Å². The maximum Gasteiger partial charge on any atom is 0.416 e. The van der Waals surface area contributed by atoms with Crippen molar-refractivity contribution in [1.29, 1.82) is 0 Å². The van der Waals surface area contributed by atoms with Crippen molar-refractivity contribution in [2.45, 2.75) is 32.2 Å². The first-order valence-electron chi connectivity index (χ1n) is 4.84. The number of alkyl halides is 6. The van der Waals surface area contributed by atoms with Gasteiger partial charge >= 0.3 is 12.4 Å². The summed E-state index contributed by atoms with van der Waals surface area (Å²) in [7, 11) is 0. The smallest absolute Gasteiger partial charge is 0.324 e. The van der Waals surface area contributed by atoms with Crippen LogP contribution in [0.1, 0.15) is 13.8 Å². The monoisotopic (exact) mass is 273 g/mol. The summed E-state index contributed by atoms with van der Waals surface area (Å²) in [4.78, 5) is 0. The lowest BCUT2D eigenvalue weighted by Crippen LogP contribution is -2.29. The molecule has 0 spiro atoms. The Balaban J connectivity index is 5.73. The first kappa shape index (κ1) is 16.8. The molecule has 0 aromatic heterocycles. The molecule has 18 heavy (non-hydrogen) atoms. The van der Waals surface area contributed by atoms with Crippen LogP contribution in [0.3, 0.4) is 0 Å². The lowest BCUT2D eigenvalue weighted by atomic mass is 10.0. The predicted octanol–water partition coefficient (Wildman–Crippen LogP) is 3.89. The van der Waals surface area contributed by atoms with E-state index < -0.39 is 29.5 Å². The molecule has 0 fully saturated rings. The molecule has 2 N–H and O–H groups in total. The second-order valence-electron chi connectivity index (χ2n) is 3.83. The highest BCUT2D eigenvalue weighted by molar-refractivity contribution is 5.36. The number of allylic oxidation sites excluding steroid dienone is 4. The van der Waals surface area contributed by atoms with E-state index in [4.69, 9.17) is 5.73 Å². The predicted molar refractivity (Wildman–Crippen MR) is 56.7 cm³/mol. The van der Waals surface area contributed by atoms with Crippen molar-refractivity contribution in [3.63, 3.8) is 0 Å². The Labute approximate surface area is 101 Å². The molecule has 1 atom stereocenters. The zero-order chi connectivity index (χ0) is 14.7. The molecule has 0 saturated carbocycles. The molecule has 0 amide bonds. The van der Waals surface area contributed by atoms with E-state index in [1.807, 2.05) is 0 Å². The molecule has 0 heterocycles. The van der Waals surface area contributed by atoms with Crippen LogP contribution >= 0.6 is 0 Å². The van der Waals surface area contributed by atoms with Gasteiger partial charge in [0.1, 0.15) is 0 Å². The Morgan fingerprint density at radius 1 is 1.06 bits per heavy atom. The molecule has 0 aromatic carbocycles. The Morgan fingerprint density at radius 3 is 1.72 bits per heavy atom. The van der Waals surface area contributed by atoms with Crippen LogP contribution in [0, 0.1) is 0 Å². The molecule has 0 aromatic rings. The van der Waals surface area contributed by atoms with Crippen LogP contribution in [0.15, 0.2) is 35.5 Å². The molecule has 0 aliphatic carbocycles. The molecule has 0 aliphatic heterocycles. The van der Waals surface area contributed by atoms with E-state index in [9.17, 15) is 26.3 Å². The molecular formula is C11H13F6N. The highest BCUT2D eigenvalue weighted by Gasteiger charge is 2.39. The Morgan fingerprint density at radius 2 is 1.50 bits per heavy atom. The fourth-order valence-corrected chi connectivity index (χ4v) is 1.11. The van der Waals surface area contributed by atoms with Crippen LogP contribution in [-0.4, -0.2) is 18.4 Å². The van der Waals surface area contributed by atoms with Crippen molar-refractivity contribution in [1.82, 2.24) is 0 Å². The summed E-state index contributed by atoms with van der Waals surface area (Å²) in [6, 6.07) is -1.55. The maximum absolute atomic E-state index is 12.5. The minimum Gasteiger partial charge on any atom is -0.324 e. The average Bonchev–Trinajstić information content (AvgIpc) is 2.06. The van der Waals surface area contributed by atoms with Crippen molar-refractivity contribution >= 4 is 0 Å². The molecule has 0 rings (SSSR count). The van der Waals surface area contributed by atoms with Crippen LogP contribution in [0.5, 0.6) is 0 Å². The number of nitrogens with two attached hydrogens (primary N) is 1. The SMILES string of the molecule is C=C(C)/C=C(\C=C(/C(C)N)C(F)(F)F)C(F)(F)F. The third-order valence-electron chi connectivity index (χ3n) is 1.86. The van der Waals surface area contributed by atoms with Crippen LogP contribution in [0.2, 0.25) is 0 Å². The van der Waals surface area contributed by atoms with Gasteiger partial charge in [-0.3, -0.25) is 0 Å². The standard InChI is InChI=1S/C11H13F6N/c1-6(2)4-8(10(12,13)14)5-9(7(3)18)11(15,16)17/h4-5,7H,1,18H2,2-3H3/b8-4+,9-5+. The van der Waals surface area contributed by atoms with Gasteiger partial charge in [-0.15, -0.1) is 0 Å². The van der Waals surface area contributed by atoms with E-state index >= 15 is 0 Å². The number of halogens is 6. The summed E-state index contributed by atoms with van der Waals surface area (Å²) in [5, 5.41) is 0. The van der Waals surface area contributed by atoms with Gasteiger partial charge in [-0.05, 0) is 26.0 Å². The summed E-state index contributed by atoms with van der Waals surface area (Å²) in [6.07, 6.45) is -9.26. The van der Waals surface area contributed by atoms with Crippen LogP contribution in [0.25, 0.3) is 0 Å². The second kappa shape index (κ2) is 5.60. The van der Waals surface area contributed by atoms with Gasteiger partial charge in [0.2, 0.25) is 0 Å². The highest BCUT2D eigenvalue weighted by atomic mass is 19.4. The Kier molecular flexibility index (Phi) is 5.21. The maximum atomic E-state index is 12.5. The van der Waals surface area contributed by atoms with Gasteiger partial charge in [0, 0.05) is 11.6 Å². The summed E-state index contributed by atoms with van der Waals surface area (Å²) < 4.78 is 75.1. The van der Waals surface area contributed by atoms with E-state index in [1.165, 1.54) is 6.92 Å². The van der Waals surface area contributed by atoms with Crippen molar-refractivity contribution < 1.29 is 26.3 Å². The zero-order valence-electron chi connectivity index (χ0n) is 9.78. The lowest BCUT2D eigenvalue weighted by molar-refractivity contribution is -0.0981. The molecule has 1 unspecified atom stereocenters.